The van der Waals surface area contributed by atoms with Gasteiger partial charge in [0.2, 0.25) is 0 Å². The number of rotatable bonds is 12. The Kier molecular flexibility index (Phi) is 9.32. The Morgan fingerprint density at radius 1 is 0.861 bits per heavy atom. The molecule has 3 amide bonds. The van der Waals surface area contributed by atoms with Gasteiger partial charge in [-0.25, -0.2) is 9.59 Å². The van der Waals surface area contributed by atoms with Crippen LogP contribution in [0, 0.1) is 0 Å². The summed E-state index contributed by atoms with van der Waals surface area (Å²) in [6.45, 7) is 3.68. The number of imide groups is 1. The van der Waals surface area contributed by atoms with E-state index in [2.05, 4.69) is 5.32 Å². The van der Waals surface area contributed by atoms with Crippen molar-refractivity contribution in [3.8, 4) is 0 Å². The summed E-state index contributed by atoms with van der Waals surface area (Å²) in [5.74, 6) is -2.96. The number of carbonyl (C=O) groups is 5. The molecule has 0 saturated heterocycles. The van der Waals surface area contributed by atoms with Crippen LogP contribution in [0.25, 0.3) is 0 Å². The van der Waals surface area contributed by atoms with Gasteiger partial charge in [0, 0.05) is 5.69 Å². The van der Waals surface area contributed by atoms with Crippen LogP contribution < -0.4 is 5.32 Å². The molecule has 9 nitrogen and oxygen atoms in total. The molecular weight excluding hydrogens is 464 g/mol. The number of fused-ring (bicyclic) bond motifs is 1. The quantitative estimate of drug-likeness (QED) is 0.269. The van der Waals surface area contributed by atoms with Crippen molar-refractivity contribution in [3.05, 3.63) is 65.2 Å². The van der Waals surface area contributed by atoms with Crippen LogP contribution in [0.15, 0.2) is 48.5 Å². The Morgan fingerprint density at radius 3 is 2.06 bits per heavy atom. The number of ether oxygens (including phenoxy) is 2. The lowest BCUT2D eigenvalue weighted by molar-refractivity contribution is -0.151. The molecule has 9 heteroatoms. The average molecular weight is 495 g/mol. The van der Waals surface area contributed by atoms with Gasteiger partial charge in [0.15, 0.2) is 6.61 Å². The summed E-state index contributed by atoms with van der Waals surface area (Å²) in [6, 6.07) is 11.4. The van der Waals surface area contributed by atoms with Crippen molar-refractivity contribution in [2.24, 2.45) is 0 Å². The first kappa shape index (κ1) is 26.6. The fourth-order valence-electron chi connectivity index (χ4n) is 3.75. The molecule has 1 aliphatic rings. The molecule has 0 unspecified atom stereocenters. The Hall–Kier alpha value is -4.01. The first-order chi connectivity index (χ1) is 17.4. The third-order valence-corrected chi connectivity index (χ3v) is 5.72. The molecule has 0 saturated carbocycles. The van der Waals surface area contributed by atoms with Gasteiger partial charge in [0.05, 0.1) is 23.3 Å². The van der Waals surface area contributed by atoms with Crippen molar-refractivity contribution in [2.75, 3.05) is 18.5 Å². The summed E-state index contributed by atoms with van der Waals surface area (Å²) in [6.07, 6.45) is 3.27. The minimum absolute atomic E-state index is 0.234. The van der Waals surface area contributed by atoms with Gasteiger partial charge in [0.25, 0.3) is 17.7 Å². The van der Waals surface area contributed by atoms with Crippen LogP contribution in [0.5, 0.6) is 0 Å². The van der Waals surface area contributed by atoms with Crippen LogP contribution in [0.2, 0.25) is 0 Å². The van der Waals surface area contributed by atoms with E-state index in [4.69, 9.17) is 9.47 Å². The van der Waals surface area contributed by atoms with Crippen molar-refractivity contribution in [3.63, 3.8) is 0 Å². The maximum Gasteiger partial charge on any atom is 0.338 e. The van der Waals surface area contributed by atoms with Crippen molar-refractivity contribution in [2.45, 2.75) is 52.0 Å². The third kappa shape index (κ3) is 6.35. The van der Waals surface area contributed by atoms with E-state index < -0.39 is 42.3 Å². The molecule has 0 aliphatic carbocycles. The summed E-state index contributed by atoms with van der Waals surface area (Å²) in [5.41, 5.74) is 1.25. The maximum absolute atomic E-state index is 12.9. The molecule has 1 atom stereocenters. The number of amides is 3. The molecule has 0 aromatic heterocycles. The summed E-state index contributed by atoms with van der Waals surface area (Å²) in [5, 5.41) is 2.58. The number of nitrogens with one attached hydrogen (secondary N) is 1. The van der Waals surface area contributed by atoms with Gasteiger partial charge in [-0.05, 0) is 49.2 Å². The van der Waals surface area contributed by atoms with Gasteiger partial charge in [0.1, 0.15) is 6.04 Å². The van der Waals surface area contributed by atoms with Gasteiger partial charge >= 0.3 is 11.9 Å². The Bertz CT molecular complexity index is 1090. The van der Waals surface area contributed by atoms with E-state index in [0.29, 0.717) is 24.3 Å². The Morgan fingerprint density at radius 2 is 1.47 bits per heavy atom. The number of benzene rings is 2. The fourth-order valence-corrected chi connectivity index (χ4v) is 3.75. The van der Waals surface area contributed by atoms with E-state index >= 15 is 0 Å². The molecule has 2 aromatic rings. The largest absolute Gasteiger partial charge is 0.462 e. The van der Waals surface area contributed by atoms with E-state index in [-0.39, 0.29) is 17.5 Å². The summed E-state index contributed by atoms with van der Waals surface area (Å²) < 4.78 is 10.3. The first-order valence-electron chi connectivity index (χ1n) is 12.1. The van der Waals surface area contributed by atoms with Crippen LogP contribution in [0.1, 0.15) is 77.0 Å². The number of hydrogen-bond acceptors (Lipinski definition) is 7. The highest BCUT2D eigenvalue weighted by atomic mass is 16.5. The molecule has 2 aromatic carbocycles. The predicted octanol–water partition coefficient (Wildman–Crippen LogP) is 3.98. The van der Waals surface area contributed by atoms with E-state index in [0.717, 1.165) is 24.2 Å². The smallest absolute Gasteiger partial charge is 0.338 e. The summed E-state index contributed by atoms with van der Waals surface area (Å²) >= 11 is 0. The maximum atomic E-state index is 12.9. The van der Waals surface area contributed by atoms with Crippen molar-refractivity contribution in [1.29, 1.82) is 0 Å². The van der Waals surface area contributed by atoms with Crippen molar-refractivity contribution >= 4 is 35.3 Å². The number of carbonyl (C=O) groups excluding carboxylic acids is 5. The number of hydrogen-bond donors (Lipinski definition) is 1. The van der Waals surface area contributed by atoms with Gasteiger partial charge in [-0.15, -0.1) is 0 Å². The second kappa shape index (κ2) is 12.6. The van der Waals surface area contributed by atoms with Crippen molar-refractivity contribution < 1.29 is 33.4 Å². The number of anilines is 1. The Labute approximate surface area is 209 Å². The molecule has 1 heterocycles. The number of unbranched alkanes of at least 4 members (excludes halogenated alkanes) is 2. The molecule has 3 rings (SSSR count). The summed E-state index contributed by atoms with van der Waals surface area (Å²) in [7, 11) is 0. The molecule has 0 spiro atoms. The normalized spacial score (nSPS) is 13.2. The zero-order valence-corrected chi connectivity index (χ0v) is 20.5. The van der Waals surface area contributed by atoms with Crippen LogP contribution in [0.4, 0.5) is 5.69 Å². The van der Waals surface area contributed by atoms with E-state index in [1.807, 2.05) is 13.8 Å². The van der Waals surface area contributed by atoms with Crippen LogP contribution in [0.3, 0.4) is 0 Å². The standard InChI is InChI=1S/C27H30N2O7/c1-3-5-11-22(29-24(31)20-9-7-8-10-21(20)25(29)32)27(34)36-17-23(30)28-19-14-12-18(13-15-19)26(33)35-16-6-4-2/h7-10,12-15,22H,3-6,11,16-17H2,1-2H3,(H,28,30)/t22-/m0/s1. The SMILES string of the molecule is CCCCOC(=O)c1ccc(NC(=O)COC(=O)[C@H](CCCC)N2C(=O)c3ccccc3C2=O)cc1. The van der Waals surface area contributed by atoms with E-state index in [9.17, 15) is 24.0 Å². The van der Waals surface area contributed by atoms with E-state index in [1.54, 1.807) is 36.4 Å². The minimum Gasteiger partial charge on any atom is -0.462 e. The van der Waals surface area contributed by atoms with Crippen molar-refractivity contribution in [1.82, 2.24) is 4.90 Å². The van der Waals surface area contributed by atoms with Gasteiger partial charge < -0.3 is 14.8 Å². The third-order valence-electron chi connectivity index (χ3n) is 5.72. The minimum atomic E-state index is -1.12. The highest BCUT2D eigenvalue weighted by Gasteiger charge is 2.43. The molecule has 0 bridgehead atoms. The van der Waals surface area contributed by atoms with Gasteiger partial charge in [-0.2, -0.15) is 0 Å². The van der Waals surface area contributed by atoms with Crippen LogP contribution in [-0.2, 0) is 19.1 Å². The highest BCUT2D eigenvalue weighted by Crippen LogP contribution is 2.27. The predicted molar refractivity (Wildman–Crippen MR) is 131 cm³/mol. The number of nitrogens with zero attached hydrogens (tertiary/aromatic N) is 1. The molecular formula is C27H30N2O7. The lowest BCUT2D eigenvalue weighted by Crippen LogP contribution is -2.46. The molecule has 36 heavy (non-hydrogen) atoms. The lowest BCUT2D eigenvalue weighted by Gasteiger charge is -2.24. The molecule has 1 aliphatic heterocycles. The average Bonchev–Trinajstić information content (AvgIpc) is 3.13. The molecule has 0 fully saturated rings. The first-order valence-corrected chi connectivity index (χ1v) is 12.1. The second-order valence-corrected chi connectivity index (χ2v) is 8.41. The second-order valence-electron chi connectivity index (χ2n) is 8.41. The van der Waals surface area contributed by atoms with Crippen LogP contribution in [-0.4, -0.2) is 53.8 Å². The van der Waals surface area contributed by atoms with Gasteiger partial charge in [-0.3, -0.25) is 19.3 Å². The molecule has 190 valence electrons. The lowest BCUT2D eigenvalue weighted by atomic mass is 10.1. The fraction of sp³-hybridized carbons (Fsp3) is 0.370. The highest BCUT2D eigenvalue weighted by molar-refractivity contribution is 6.22. The Balaban J connectivity index is 1.58. The number of esters is 2. The molecule has 1 N–H and O–H groups in total. The molecule has 0 radical (unpaired) electrons. The zero-order valence-electron chi connectivity index (χ0n) is 20.5. The topological polar surface area (TPSA) is 119 Å². The zero-order chi connectivity index (χ0) is 26.1. The van der Waals surface area contributed by atoms with Crippen LogP contribution >= 0.6 is 0 Å². The summed E-state index contributed by atoms with van der Waals surface area (Å²) in [4.78, 5) is 63.8. The monoisotopic (exact) mass is 494 g/mol. The van der Waals surface area contributed by atoms with Gasteiger partial charge in [-0.1, -0.05) is 45.2 Å². The van der Waals surface area contributed by atoms with E-state index in [1.165, 1.54) is 12.1 Å².